The van der Waals surface area contributed by atoms with E-state index in [1.54, 1.807) is 12.1 Å². The maximum Gasteiger partial charge on any atom is 0.140 e. The second-order valence-corrected chi connectivity index (χ2v) is 4.17. The molecule has 6 heteroatoms. The number of aliphatic hydroxyl groups is 1. The highest BCUT2D eigenvalue weighted by atomic mass is 79.9. The molecule has 0 aliphatic heterocycles. The quantitative estimate of drug-likeness (QED) is 0.803. The molecule has 3 nitrogen and oxygen atoms in total. The van der Waals surface area contributed by atoms with E-state index in [1.165, 1.54) is 0 Å². The Labute approximate surface area is 108 Å². The van der Waals surface area contributed by atoms with Crippen LogP contribution in [0.25, 0.3) is 0 Å². The second kappa shape index (κ2) is 6.55. The summed E-state index contributed by atoms with van der Waals surface area (Å²) in [5.74, 6) is -0.0259. The van der Waals surface area contributed by atoms with Crippen molar-refractivity contribution in [3.63, 3.8) is 0 Å². The topological polar surface area (TPSA) is 66.5 Å². The Morgan fingerprint density at radius 3 is 2.60 bits per heavy atom. The standard InChI is InChI=1S/C9H11BrClNO2.ClH/c10-5-1-2-6(11)9(14)8(5)7(12)3-4-13;/h1-2,7,13-14H,3-4,12H2;1H/t7-;/m0./s1. The molecule has 1 rings (SSSR count). The zero-order valence-corrected chi connectivity index (χ0v) is 10.9. The summed E-state index contributed by atoms with van der Waals surface area (Å²) < 4.78 is 0.695. The van der Waals surface area contributed by atoms with Crippen LogP contribution >= 0.6 is 39.9 Å². The first kappa shape index (κ1) is 15.0. The van der Waals surface area contributed by atoms with Crippen molar-refractivity contribution in [2.45, 2.75) is 12.5 Å². The number of aromatic hydroxyl groups is 1. The van der Waals surface area contributed by atoms with E-state index in [0.29, 0.717) is 16.5 Å². The van der Waals surface area contributed by atoms with Gasteiger partial charge in [-0.3, -0.25) is 0 Å². The predicted molar refractivity (Wildman–Crippen MR) is 66.7 cm³/mol. The summed E-state index contributed by atoms with van der Waals surface area (Å²) in [4.78, 5) is 0. The van der Waals surface area contributed by atoms with Gasteiger partial charge in [0.2, 0.25) is 0 Å². The lowest BCUT2D eigenvalue weighted by Gasteiger charge is -2.15. The van der Waals surface area contributed by atoms with Gasteiger partial charge in [0.1, 0.15) is 5.75 Å². The Morgan fingerprint density at radius 2 is 2.07 bits per heavy atom. The Bertz CT molecular complexity index is 336. The Kier molecular flexibility index (Phi) is 6.55. The Hall–Kier alpha value is -0.000000000000000111. The molecule has 0 aliphatic carbocycles. The van der Waals surface area contributed by atoms with Crippen molar-refractivity contribution in [1.29, 1.82) is 0 Å². The molecule has 86 valence electrons. The minimum Gasteiger partial charge on any atom is -0.506 e. The smallest absolute Gasteiger partial charge is 0.140 e. The summed E-state index contributed by atoms with van der Waals surface area (Å²) in [5, 5.41) is 18.7. The zero-order valence-electron chi connectivity index (χ0n) is 7.78. The number of halogens is 3. The van der Waals surface area contributed by atoms with Crippen LogP contribution in [0.5, 0.6) is 5.75 Å². The maximum absolute atomic E-state index is 9.65. The van der Waals surface area contributed by atoms with E-state index < -0.39 is 6.04 Å². The van der Waals surface area contributed by atoms with Crippen molar-refractivity contribution in [2.75, 3.05) is 6.61 Å². The molecule has 1 atom stereocenters. The molecule has 0 saturated heterocycles. The summed E-state index contributed by atoms with van der Waals surface area (Å²) in [6.07, 6.45) is 0.381. The van der Waals surface area contributed by atoms with Crippen LogP contribution < -0.4 is 5.73 Å². The monoisotopic (exact) mass is 315 g/mol. The van der Waals surface area contributed by atoms with Crippen molar-refractivity contribution in [3.8, 4) is 5.75 Å². The summed E-state index contributed by atoms with van der Waals surface area (Å²) in [5.41, 5.74) is 6.30. The van der Waals surface area contributed by atoms with E-state index in [4.69, 9.17) is 22.4 Å². The lowest BCUT2D eigenvalue weighted by molar-refractivity contribution is 0.275. The van der Waals surface area contributed by atoms with Crippen LogP contribution in [0.2, 0.25) is 5.02 Å². The van der Waals surface area contributed by atoms with Crippen LogP contribution in [0.3, 0.4) is 0 Å². The number of phenols is 1. The fraction of sp³-hybridized carbons (Fsp3) is 0.333. The number of aliphatic hydroxyl groups excluding tert-OH is 1. The number of hydrogen-bond acceptors (Lipinski definition) is 3. The molecular weight excluding hydrogens is 305 g/mol. The van der Waals surface area contributed by atoms with Crippen LogP contribution in [0.4, 0.5) is 0 Å². The largest absolute Gasteiger partial charge is 0.506 e. The highest BCUT2D eigenvalue weighted by Gasteiger charge is 2.16. The van der Waals surface area contributed by atoms with Gasteiger partial charge in [-0.05, 0) is 18.6 Å². The molecule has 0 bridgehead atoms. The van der Waals surface area contributed by atoms with Crippen LogP contribution in [-0.4, -0.2) is 16.8 Å². The van der Waals surface area contributed by atoms with Gasteiger partial charge in [-0.1, -0.05) is 27.5 Å². The molecule has 4 N–H and O–H groups in total. The number of benzene rings is 1. The van der Waals surface area contributed by atoms with Gasteiger partial charge in [-0.2, -0.15) is 0 Å². The molecule has 0 radical (unpaired) electrons. The maximum atomic E-state index is 9.65. The molecular formula is C9H12BrCl2NO2. The average Bonchev–Trinajstić information content (AvgIpc) is 2.13. The highest BCUT2D eigenvalue weighted by molar-refractivity contribution is 9.10. The van der Waals surface area contributed by atoms with E-state index in [0.717, 1.165) is 0 Å². The Morgan fingerprint density at radius 1 is 1.47 bits per heavy atom. The fourth-order valence-electron chi connectivity index (χ4n) is 1.19. The first-order valence-corrected chi connectivity index (χ1v) is 5.28. The average molecular weight is 317 g/mol. The third-order valence-electron chi connectivity index (χ3n) is 1.93. The molecule has 0 amide bonds. The molecule has 0 unspecified atom stereocenters. The number of hydrogen-bond donors (Lipinski definition) is 3. The van der Waals surface area contributed by atoms with Crippen molar-refractivity contribution in [1.82, 2.24) is 0 Å². The molecule has 0 aromatic heterocycles. The molecule has 1 aromatic rings. The lowest BCUT2D eigenvalue weighted by Crippen LogP contribution is -2.12. The third kappa shape index (κ3) is 3.50. The SMILES string of the molecule is Cl.N[C@@H](CCO)c1c(Br)ccc(Cl)c1O. The normalized spacial score (nSPS) is 12.0. The first-order chi connectivity index (χ1) is 6.57. The van der Waals surface area contributed by atoms with Gasteiger partial charge in [0.15, 0.2) is 0 Å². The van der Waals surface area contributed by atoms with Crippen LogP contribution in [0, 0.1) is 0 Å². The Balaban J connectivity index is 0.00000196. The predicted octanol–water partition coefficient (Wildman–Crippen LogP) is 2.61. The van der Waals surface area contributed by atoms with Crippen LogP contribution in [-0.2, 0) is 0 Å². The van der Waals surface area contributed by atoms with Gasteiger partial charge in [-0.15, -0.1) is 12.4 Å². The van der Waals surface area contributed by atoms with E-state index in [1.807, 2.05) is 0 Å². The van der Waals surface area contributed by atoms with Crippen LogP contribution in [0.15, 0.2) is 16.6 Å². The second-order valence-electron chi connectivity index (χ2n) is 2.91. The minimum absolute atomic E-state index is 0. The molecule has 1 aromatic carbocycles. The molecule has 0 saturated carbocycles. The molecule has 15 heavy (non-hydrogen) atoms. The van der Waals surface area contributed by atoms with E-state index in [9.17, 15) is 5.11 Å². The zero-order chi connectivity index (χ0) is 10.7. The van der Waals surface area contributed by atoms with E-state index in [-0.39, 0.29) is 29.8 Å². The lowest BCUT2D eigenvalue weighted by atomic mass is 10.0. The van der Waals surface area contributed by atoms with Crippen molar-refractivity contribution < 1.29 is 10.2 Å². The van der Waals surface area contributed by atoms with Crippen molar-refractivity contribution >= 4 is 39.9 Å². The van der Waals surface area contributed by atoms with Gasteiger partial charge >= 0.3 is 0 Å². The molecule has 0 fully saturated rings. The van der Waals surface area contributed by atoms with Gasteiger partial charge in [0, 0.05) is 22.7 Å². The van der Waals surface area contributed by atoms with E-state index in [2.05, 4.69) is 15.9 Å². The first-order valence-electron chi connectivity index (χ1n) is 4.11. The summed E-state index contributed by atoms with van der Waals surface area (Å²) in [7, 11) is 0. The minimum atomic E-state index is -0.423. The highest BCUT2D eigenvalue weighted by Crippen LogP contribution is 2.37. The van der Waals surface area contributed by atoms with Crippen molar-refractivity contribution in [2.24, 2.45) is 5.73 Å². The third-order valence-corrected chi connectivity index (χ3v) is 2.92. The van der Waals surface area contributed by atoms with Gasteiger partial charge in [-0.25, -0.2) is 0 Å². The fourth-order valence-corrected chi connectivity index (χ4v) is 1.97. The molecule has 0 heterocycles. The summed E-state index contributed by atoms with van der Waals surface area (Å²) in [6.45, 7) is -0.0282. The summed E-state index contributed by atoms with van der Waals surface area (Å²) in [6, 6.07) is 2.87. The van der Waals surface area contributed by atoms with Gasteiger partial charge < -0.3 is 15.9 Å². The molecule has 0 spiro atoms. The number of phenolic OH excluding ortho intramolecular Hbond substituents is 1. The van der Waals surface area contributed by atoms with Gasteiger partial charge in [0.25, 0.3) is 0 Å². The number of nitrogens with two attached hydrogens (primary N) is 1. The number of rotatable bonds is 3. The van der Waals surface area contributed by atoms with Gasteiger partial charge in [0.05, 0.1) is 5.02 Å². The van der Waals surface area contributed by atoms with Crippen LogP contribution in [0.1, 0.15) is 18.0 Å². The van der Waals surface area contributed by atoms with E-state index >= 15 is 0 Å². The summed E-state index contributed by atoms with van der Waals surface area (Å²) >= 11 is 9.01. The molecule has 0 aliphatic rings. The van der Waals surface area contributed by atoms with Crippen molar-refractivity contribution in [3.05, 3.63) is 27.2 Å².